The van der Waals surface area contributed by atoms with Gasteiger partial charge in [0.15, 0.2) is 9.84 Å². The van der Waals surface area contributed by atoms with Crippen molar-refractivity contribution in [1.29, 1.82) is 0 Å². The van der Waals surface area contributed by atoms with Gasteiger partial charge in [-0.25, -0.2) is 8.42 Å². The van der Waals surface area contributed by atoms with Crippen molar-refractivity contribution in [3.8, 4) is 0 Å². The average molecular weight is 281 g/mol. The molecule has 0 radical (unpaired) electrons. The minimum absolute atomic E-state index is 0.161. The van der Waals surface area contributed by atoms with Gasteiger partial charge in [0.25, 0.3) is 0 Å². The highest BCUT2D eigenvalue weighted by atomic mass is 32.2. The number of nitrogens with one attached hydrogen (secondary N) is 1. The molecule has 0 bridgehead atoms. The Kier molecular flexibility index (Phi) is 2.87. The van der Waals surface area contributed by atoms with Gasteiger partial charge >= 0.3 is 5.97 Å². The fourth-order valence-corrected chi connectivity index (χ4v) is 4.79. The first-order chi connectivity index (χ1) is 8.99. The van der Waals surface area contributed by atoms with E-state index in [1.54, 1.807) is 6.07 Å². The van der Waals surface area contributed by atoms with Gasteiger partial charge in [0, 0.05) is 12.6 Å². The summed E-state index contributed by atoms with van der Waals surface area (Å²) in [6.07, 6.45) is 1.00. The van der Waals surface area contributed by atoms with E-state index < -0.39 is 21.7 Å². The number of aryl methyl sites for hydroxylation is 1. The van der Waals surface area contributed by atoms with Crippen LogP contribution in [0.5, 0.6) is 0 Å². The van der Waals surface area contributed by atoms with Crippen molar-refractivity contribution in [3.05, 3.63) is 29.3 Å². The summed E-state index contributed by atoms with van der Waals surface area (Å²) in [6.45, 7) is 0.393. The maximum atomic E-state index is 12.1. The van der Waals surface area contributed by atoms with Crippen molar-refractivity contribution in [1.82, 2.24) is 5.32 Å². The van der Waals surface area contributed by atoms with Crippen LogP contribution in [0.3, 0.4) is 0 Å². The molecule has 1 saturated heterocycles. The SMILES string of the molecule is O=C(O)C1CNC(c2cccc3c2S(=O)(=O)CC3)C1. The summed E-state index contributed by atoms with van der Waals surface area (Å²) >= 11 is 0. The van der Waals surface area contributed by atoms with Crippen molar-refractivity contribution in [2.75, 3.05) is 12.3 Å². The molecule has 2 aliphatic rings. The first-order valence-electron chi connectivity index (χ1n) is 6.30. The van der Waals surface area contributed by atoms with Crippen molar-refractivity contribution < 1.29 is 18.3 Å². The van der Waals surface area contributed by atoms with E-state index in [-0.39, 0.29) is 11.8 Å². The molecule has 6 heteroatoms. The van der Waals surface area contributed by atoms with Crippen molar-refractivity contribution in [2.24, 2.45) is 5.92 Å². The Morgan fingerprint density at radius 2 is 2.16 bits per heavy atom. The first-order valence-corrected chi connectivity index (χ1v) is 7.95. The van der Waals surface area contributed by atoms with Crippen LogP contribution in [0.25, 0.3) is 0 Å². The zero-order chi connectivity index (χ0) is 13.6. The molecule has 1 fully saturated rings. The molecule has 0 saturated carbocycles. The lowest BCUT2D eigenvalue weighted by atomic mass is 9.98. The fourth-order valence-electron chi connectivity index (χ4n) is 2.96. The van der Waals surface area contributed by atoms with E-state index in [4.69, 9.17) is 5.11 Å². The Labute approximate surface area is 111 Å². The van der Waals surface area contributed by atoms with Gasteiger partial charge in [0.05, 0.1) is 16.6 Å². The lowest BCUT2D eigenvalue weighted by Gasteiger charge is -2.14. The quantitative estimate of drug-likeness (QED) is 0.836. The second kappa shape index (κ2) is 4.31. The molecule has 1 aromatic carbocycles. The summed E-state index contributed by atoms with van der Waals surface area (Å²) in [5.74, 6) is -1.11. The number of benzene rings is 1. The van der Waals surface area contributed by atoms with Gasteiger partial charge < -0.3 is 10.4 Å². The normalized spacial score (nSPS) is 28.2. The molecule has 0 aromatic heterocycles. The van der Waals surface area contributed by atoms with Gasteiger partial charge in [0.1, 0.15) is 0 Å². The molecule has 2 unspecified atom stereocenters. The molecule has 19 heavy (non-hydrogen) atoms. The molecule has 0 aliphatic carbocycles. The number of rotatable bonds is 2. The summed E-state index contributed by atoms with van der Waals surface area (Å²) in [6, 6.07) is 5.31. The number of carboxylic acid groups (broad SMARTS) is 1. The molecular weight excluding hydrogens is 266 g/mol. The molecular formula is C13H15NO4S. The molecule has 2 N–H and O–H groups in total. The van der Waals surface area contributed by atoms with Crippen LogP contribution in [0.2, 0.25) is 0 Å². The molecule has 2 heterocycles. The van der Waals surface area contributed by atoms with Crippen LogP contribution in [-0.4, -0.2) is 31.8 Å². The number of hydrogen-bond donors (Lipinski definition) is 2. The summed E-state index contributed by atoms with van der Waals surface area (Å²) in [7, 11) is -3.20. The maximum absolute atomic E-state index is 12.1. The van der Waals surface area contributed by atoms with E-state index in [1.807, 2.05) is 12.1 Å². The predicted octanol–water partition coefficient (Wildman–Crippen LogP) is 0.752. The minimum Gasteiger partial charge on any atom is -0.481 e. The van der Waals surface area contributed by atoms with E-state index in [2.05, 4.69) is 5.32 Å². The van der Waals surface area contributed by atoms with E-state index >= 15 is 0 Å². The van der Waals surface area contributed by atoms with E-state index in [0.29, 0.717) is 24.3 Å². The Morgan fingerprint density at radius 1 is 1.37 bits per heavy atom. The van der Waals surface area contributed by atoms with Gasteiger partial charge in [-0.2, -0.15) is 0 Å². The number of fused-ring (bicyclic) bond motifs is 1. The number of aliphatic carboxylic acids is 1. The van der Waals surface area contributed by atoms with Gasteiger partial charge in [-0.1, -0.05) is 18.2 Å². The van der Waals surface area contributed by atoms with E-state index in [0.717, 1.165) is 11.1 Å². The summed E-state index contributed by atoms with van der Waals surface area (Å²) in [4.78, 5) is 11.4. The van der Waals surface area contributed by atoms with Crippen LogP contribution in [0.1, 0.15) is 23.6 Å². The third-order valence-corrected chi connectivity index (χ3v) is 5.80. The summed E-state index contributed by atoms with van der Waals surface area (Å²) in [5, 5.41) is 12.1. The fraction of sp³-hybridized carbons (Fsp3) is 0.462. The van der Waals surface area contributed by atoms with Crippen LogP contribution >= 0.6 is 0 Å². The summed E-state index contributed by atoms with van der Waals surface area (Å²) < 4.78 is 24.2. The smallest absolute Gasteiger partial charge is 0.307 e. The molecule has 0 amide bonds. The van der Waals surface area contributed by atoms with Crippen molar-refractivity contribution in [3.63, 3.8) is 0 Å². The molecule has 102 valence electrons. The molecule has 3 rings (SSSR count). The van der Waals surface area contributed by atoms with Crippen LogP contribution in [-0.2, 0) is 21.1 Å². The number of hydrogen-bond acceptors (Lipinski definition) is 4. The van der Waals surface area contributed by atoms with Crippen molar-refractivity contribution in [2.45, 2.75) is 23.8 Å². The Morgan fingerprint density at radius 3 is 2.84 bits per heavy atom. The number of sulfone groups is 1. The molecule has 5 nitrogen and oxygen atoms in total. The highest BCUT2D eigenvalue weighted by Gasteiger charge is 2.36. The van der Waals surface area contributed by atoms with Crippen LogP contribution in [0.15, 0.2) is 23.1 Å². The topological polar surface area (TPSA) is 83.5 Å². The molecule has 2 atom stereocenters. The van der Waals surface area contributed by atoms with E-state index in [9.17, 15) is 13.2 Å². The zero-order valence-corrected chi connectivity index (χ0v) is 11.1. The monoisotopic (exact) mass is 281 g/mol. The van der Waals surface area contributed by atoms with Gasteiger partial charge in [-0.15, -0.1) is 0 Å². The highest BCUT2D eigenvalue weighted by molar-refractivity contribution is 7.91. The number of carboxylic acids is 1. The second-order valence-corrected chi connectivity index (χ2v) is 7.18. The van der Waals surface area contributed by atoms with Crippen molar-refractivity contribution >= 4 is 15.8 Å². The second-order valence-electron chi connectivity index (χ2n) is 5.14. The standard InChI is InChI=1S/C13H15NO4S/c15-13(16)9-6-11(14-7-9)10-3-1-2-8-4-5-19(17,18)12(8)10/h1-3,9,11,14H,4-7H2,(H,15,16). The van der Waals surface area contributed by atoms with E-state index in [1.165, 1.54) is 0 Å². The Bertz CT molecular complexity index is 638. The van der Waals surface area contributed by atoms with Crippen LogP contribution < -0.4 is 5.32 Å². The Hall–Kier alpha value is -1.40. The lowest BCUT2D eigenvalue weighted by molar-refractivity contribution is -0.141. The van der Waals surface area contributed by atoms with Crippen LogP contribution in [0.4, 0.5) is 0 Å². The molecule has 0 spiro atoms. The highest BCUT2D eigenvalue weighted by Crippen LogP contribution is 2.36. The minimum atomic E-state index is -3.20. The lowest BCUT2D eigenvalue weighted by Crippen LogP contribution is -2.18. The van der Waals surface area contributed by atoms with Gasteiger partial charge in [0.2, 0.25) is 0 Å². The average Bonchev–Trinajstić information content (AvgIpc) is 2.95. The zero-order valence-electron chi connectivity index (χ0n) is 10.3. The van der Waals surface area contributed by atoms with Crippen LogP contribution in [0, 0.1) is 5.92 Å². The van der Waals surface area contributed by atoms with Gasteiger partial charge in [-0.05, 0) is 24.0 Å². The summed E-state index contributed by atoms with van der Waals surface area (Å²) in [5.41, 5.74) is 1.59. The molecule has 1 aromatic rings. The number of carbonyl (C=O) groups is 1. The molecule has 2 aliphatic heterocycles. The third-order valence-electron chi connectivity index (χ3n) is 3.93. The predicted molar refractivity (Wildman–Crippen MR) is 68.7 cm³/mol. The maximum Gasteiger partial charge on any atom is 0.307 e. The third kappa shape index (κ3) is 2.04. The largest absolute Gasteiger partial charge is 0.481 e. The first kappa shape index (κ1) is 12.6. The van der Waals surface area contributed by atoms with Gasteiger partial charge in [-0.3, -0.25) is 4.79 Å². The Balaban J connectivity index is 2.00.